The first-order valence-corrected chi connectivity index (χ1v) is 5.65. The van der Waals surface area contributed by atoms with Gasteiger partial charge in [-0.1, -0.05) is 26.2 Å². The van der Waals surface area contributed by atoms with Gasteiger partial charge >= 0.3 is 0 Å². The Kier molecular flexibility index (Phi) is 4.94. The fourth-order valence-corrected chi connectivity index (χ4v) is 2.10. The summed E-state index contributed by atoms with van der Waals surface area (Å²) in [7, 11) is 0. The van der Waals surface area contributed by atoms with E-state index >= 15 is 0 Å². The summed E-state index contributed by atoms with van der Waals surface area (Å²) in [6, 6.07) is 0. The molecule has 1 fully saturated rings. The molecule has 2 N–H and O–H groups in total. The van der Waals surface area contributed by atoms with Crippen LogP contribution in [0.15, 0.2) is 0 Å². The Hall–Kier alpha value is -0.570. The zero-order chi connectivity index (χ0) is 10.4. The number of carbonyl (C=O) groups excluding carboxylic acids is 1. The number of hydrogen-bond acceptors (Lipinski definition) is 2. The van der Waals surface area contributed by atoms with E-state index < -0.39 is 0 Å². The van der Waals surface area contributed by atoms with Crippen LogP contribution in [0.2, 0.25) is 0 Å². The van der Waals surface area contributed by atoms with Crippen LogP contribution in [0.5, 0.6) is 0 Å². The molecule has 2 unspecified atom stereocenters. The number of rotatable bonds is 5. The number of piperidine rings is 1. The Morgan fingerprint density at radius 2 is 2.21 bits per heavy atom. The van der Waals surface area contributed by atoms with Gasteiger partial charge in [-0.05, 0) is 12.3 Å². The highest BCUT2D eigenvalue weighted by Crippen LogP contribution is 2.25. The molecule has 82 valence electrons. The molecule has 0 aromatic carbocycles. The molecule has 1 aliphatic rings. The minimum absolute atomic E-state index is 0.149. The SMILES string of the molecule is CCCCCC1CC(=O)NCC1CO. The molecule has 0 spiro atoms. The van der Waals surface area contributed by atoms with Crippen LogP contribution in [0.1, 0.15) is 39.0 Å². The van der Waals surface area contributed by atoms with Crippen molar-refractivity contribution in [2.45, 2.75) is 39.0 Å². The molecule has 0 aromatic heterocycles. The van der Waals surface area contributed by atoms with Gasteiger partial charge in [-0.2, -0.15) is 0 Å². The van der Waals surface area contributed by atoms with Gasteiger partial charge in [0.2, 0.25) is 5.91 Å². The molecule has 1 aliphatic heterocycles. The zero-order valence-corrected chi connectivity index (χ0v) is 8.96. The van der Waals surface area contributed by atoms with Crippen molar-refractivity contribution in [3.8, 4) is 0 Å². The molecule has 0 aromatic rings. The summed E-state index contributed by atoms with van der Waals surface area (Å²) in [5, 5.41) is 12.0. The summed E-state index contributed by atoms with van der Waals surface area (Å²) in [6.45, 7) is 3.04. The van der Waals surface area contributed by atoms with Gasteiger partial charge in [-0.25, -0.2) is 0 Å². The van der Waals surface area contributed by atoms with Gasteiger partial charge in [0, 0.05) is 25.5 Å². The van der Waals surface area contributed by atoms with Crippen molar-refractivity contribution < 1.29 is 9.90 Å². The Morgan fingerprint density at radius 1 is 1.43 bits per heavy atom. The lowest BCUT2D eigenvalue weighted by atomic mass is 9.83. The molecule has 14 heavy (non-hydrogen) atoms. The second kappa shape index (κ2) is 6.02. The quantitative estimate of drug-likeness (QED) is 0.656. The predicted molar refractivity (Wildman–Crippen MR) is 55.8 cm³/mol. The second-order valence-electron chi connectivity index (χ2n) is 4.21. The van der Waals surface area contributed by atoms with Gasteiger partial charge < -0.3 is 10.4 Å². The van der Waals surface area contributed by atoms with Crippen molar-refractivity contribution in [3.05, 3.63) is 0 Å². The van der Waals surface area contributed by atoms with Crippen molar-refractivity contribution in [1.82, 2.24) is 5.32 Å². The lowest BCUT2D eigenvalue weighted by molar-refractivity contribution is -0.125. The van der Waals surface area contributed by atoms with Crippen LogP contribution >= 0.6 is 0 Å². The van der Waals surface area contributed by atoms with Crippen molar-refractivity contribution in [1.29, 1.82) is 0 Å². The van der Waals surface area contributed by atoms with Crippen molar-refractivity contribution in [2.75, 3.05) is 13.2 Å². The third-order valence-corrected chi connectivity index (χ3v) is 3.09. The molecular formula is C11H21NO2. The lowest BCUT2D eigenvalue weighted by Crippen LogP contribution is -2.42. The number of carbonyl (C=O) groups is 1. The van der Waals surface area contributed by atoms with Crippen LogP contribution in [0.4, 0.5) is 0 Å². The molecule has 3 nitrogen and oxygen atoms in total. The molecule has 0 aliphatic carbocycles. The number of hydrogen-bond donors (Lipinski definition) is 2. The third-order valence-electron chi connectivity index (χ3n) is 3.09. The van der Waals surface area contributed by atoms with Gasteiger partial charge in [0.15, 0.2) is 0 Å². The first-order chi connectivity index (χ1) is 6.77. The number of amides is 1. The summed E-state index contributed by atoms with van der Waals surface area (Å²) in [6.07, 6.45) is 5.32. The standard InChI is InChI=1S/C11H21NO2/c1-2-3-4-5-9-6-11(14)12-7-10(9)8-13/h9-10,13H,2-8H2,1H3,(H,12,14). The van der Waals surface area contributed by atoms with Gasteiger partial charge in [0.25, 0.3) is 0 Å². The Morgan fingerprint density at radius 3 is 2.86 bits per heavy atom. The average molecular weight is 199 g/mol. The van der Waals surface area contributed by atoms with E-state index in [9.17, 15) is 4.79 Å². The Bertz CT molecular complexity index is 182. The largest absolute Gasteiger partial charge is 0.396 e. The summed E-state index contributed by atoms with van der Waals surface area (Å²) >= 11 is 0. The van der Waals surface area contributed by atoms with E-state index in [1.807, 2.05) is 0 Å². The van der Waals surface area contributed by atoms with Gasteiger partial charge in [-0.3, -0.25) is 4.79 Å². The molecule has 0 saturated carbocycles. The molecule has 0 bridgehead atoms. The maximum Gasteiger partial charge on any atom is 0.220 e. The maximum atomic E-state index is 11.2. The van der Waals surface area contributed by atoms with Crippen molar-refractivity contribution >= 4 is 5.91 Å². The minimum atomic E-state index is 0.149. The lowest BCUT2D eigenvalue weighted by Gasteiger charge is -2.30. The number of aliphatic hydroxyl groups excluding tert-OH is 1. The second-order valence-corrected chi connectivity index (χ2v) is 4.21. The van der Waals surface area contributed by atoms with Crippen molar-refractivity contribution in [3.63, 3.8) is 0 Å². The molecule has 1 heterocycles. The summed E-state index contributed by atoms with van der Waals surface area (Å²) in [4.78, 5) is 11.2. The fourth-order valence-electron chi connectivity index (χ4n) is 2.10. The third kappa shape index (κ3) is 3.29. The number of aliphatic hydroxyl groups is 1. The van der Waals surface area contributed by atoms with Crippen LogP contribution in [0, 0.1) is 11.8 Å². The molecule has 0 radical (unpaired) electrons. The van der Waals surface area contributed by atoms with E-state index in [2.05, 4.69) is 12.2 Å². The summed E-state index contributed by atoms with van der Waals surface area (Å²) in [5.74, 6) is 0.834. The summed E-state index contributed by atoms with van der Waals surface area (Å²) in [5.41, 5.74) is 0. The highest BCUT2D eigenvalue weighted by Gasteiger charge is 2.27. The molecule has 2 atom stereocenters. The van der Waals surface area contributed by atoms with E-state index in [4.69, 9.17) is 5.11 Å². The van der Waals surface area contributed by atoms with Crippen LogP contribution in [-0.4, -0.2) is 24.2 Å². The number of unbranched alkanes of at least 4 members (excludes halogenated alkanes) is 2. The van der Waals surface area contributed by atoms with Gasteiger partial charge in [0.1, 0.15) is 0 Å². The Labute approximate surface area is 85.9 Å². The topological polar surface area (TPSA) is 49.3 Å². The minimum Gasteiger partial charge on any atom is -0.396 e. The first-order valence-electron chi connectivity index (χ1n) is 5.65. The molecule has 1 saturated heterocycles. The summed E-state index contributed by atoms with van der Waals surface area (Å²) < 4.78 is 0. The monoisotopic (exact) mass is 199 g/mol. The van der Waals surface area contributed by atoms with E-state index in [0.717, 1.165) is 6.42 Å². The number of nitrogens with one attached hydrogen (secondary N) is 1. The predicted octanol–water partition coefficient (Wildman–Crippen LogP) is 1.31. The van der Waals surface area contributed by atoms with E-state index in [-0.39, 0.29) is 18.4 Å². The van der Waals surface area contributed by atoms with E-state index in [0.29, 0.717) is 18.9 Å². The van der Waals surface area contributed by atoms with Gasteiger partial charge in [0.05, 0.1) is 0 Å². The van der Waals surface area contributed by atoms with E-state index in [1.165, 1.54) is 19.3 Å². The van der Waals surface area contributed by atoms with Crippen LogP contribution < -0.4 is 5.32 Å². The highest BCUT2D eigenvalue weighted by atomic mass is 16.3. The van der Waals surface area contributed by atoms with Crippen LogP contribution in [0.3, 0.4) is 0 Å². The molecular weight excluding hydrogens is 178 g/mol. The highest BCUT2D eigenvalue weighted by molar-refractivity contribution is 5.77. The first kappa shape index (κ1) is 11.5. The molecule has 1 amide bonds. The fraction of sp³-hybridized carbons (Fsp3) is 0.909. The molecule has 3 heteroatoms. The normalized spacial score (nSPS) is 27.4. The zero-order valence-electron chi connectivity index (χ0n) is 8.96. The average Bonchev–Trinajstić information content (AvgIpc) is 2.19. The van der Waals surface area contributed by atoms with Crippen molar-refractivity contribution in [2.24, 2.45) is 11.8 Å². The van der Waals surface area contributed by atoms with Crippen LogP contribution in [-0.2, 0) is 4.79 Å². The van der Waals surface area contributed by atoms with Crippen LogP contribution in [0.25, 0.3) is 0 Å². The smallest absolute Gasteiger partial charge is 0.220 e. The molecule has 1 rings (SSSR count). The maximum absolute atomic E-state index is 11.2. The Balaban J connectivity index is 2.32. The van der Waals surface area contributed by atoms with Gasteiger partial charge in [-0.15, -0.1) is 0 Å². The van der Waals surface area contributed by atoms with E-state index in [1.54, 1.807) is 0 Å².